The highest BCUT2D eigenvalue weighted by molar-refractivity contribution is 5.60. The summed E-state index contributed by atoms with van der Waals surface area (Å²) in [5, 5.41) is 10.8. The maximum Gasteiger partial charge on any atom is 0.313 e. The number of nitro groups is 1. The molecule has 0 spiro atoms. The number of methoxy groups -OCH3 is 1. The quantitative estimate of drug-likeness (QED) is 0.614. The number of rotatable bonds is 3. The number of anilines is 1. The second kappa shape index (κ2) is 5.40. The fourth-order valence-electron chi connectivity index (χ4n) is 2.13. The second-order valence-corrected chi connectivity index (χ2v) is 4.52. The Hall–Kier alpha value is -1.89. The monoisotopic (exact) mass is 269 g/mol. The van der Waals surface area contributed by atoms with Crippen LogP contribution in [0.4, 0.5) is 15.8 Å². The van der Waals surface area contributed by atoms with Crippen LogP contribution in [0.1, 0.15) is 0 Å². The van der Waals surface area contributed by atoms with Crippen LogP contribution >= 0.6 is 0 Å². The fourth-order valence-corrected chi connectivity index (χ4v) is 2.13. The third-order valence-corrected chi connectivity index (χ3v) is 3.29. The van der Waals surface area contributed by atoms with Crippen LogP contribution in [-0.2, 0) is 0 Å². The van der Waals surface area contributed by atoms with E-state index in [0.717, 1.165) is 19.2 Å². The van der Waals surface area contributed by atoms with Crippen molar-refractivity contribution in [3.05, 3.63) is 28.1 Å². The molecule has 7 heteroatoms. The molecule has 1 aliphatic heterocycles. The number of benzene rings is 1. The Morgan fingerprint density at radius 1 is 1.32 bits per heavy atom. The van der Waals surface area contributed by atoms with Crippen LogP contribution in [0.15, 0.2) is 12.1 Å². The van der Waals surface area contributed by atoms with E-state index in [2.05, 4.69) is 4.90 Å². The normalized spacial score (nSPS) is 16.5. The summed E-state index contributed by atoms with van der Waals surface area (Å²) in [6.07, 6.45) is 0. The van der Waals surface area contributed by atoms with Crippen LogP contribution in [0, 0.1) is 15.9 Å². The standard InChI is InChI=1S/C12H16FN3O3/c1-14-3-5-15(6-4-14)10-8-12(19-2)11(16(17)18)7-9(10)13/h7-8H,3-6H2,1-2H3. The molecule has 1 aromatic rings. The smallest absolute Gasteiger partial charge is 0.313 e. The molecule has 1 fully saturated rings. The summed E-state index contributed by atoms with van der Waals surface area (Å²) < 4.78 is 19.0. The molecule has 1 aliphatic rings. The zero-order valence-corrected chi connectivity index (χ0v) is 10.9. The predicted molar refractivity (Wildman–Crippen MR) is 69.3 cm³/mol. The van der Waals surface area contributed by atoms with E-state index in [9.17, 15) is 14.5 Å². The number of nitrogens with zero attached hydrogens (tertiary/aromatic N) is 3. The van der Waals surface area contributed by atoms with E-state index in [4.69, 9.17) is 4.74 Å². The molecule has 0 aliphatic carbocycles. The molecule has 0 aromatic heterocycles. The maximum absolute atomic E-state index is 14.0. The third-order valence-electron chi connectivity index (χ3n) is 3.29. The average molecular weight is 269 g/mol. The lowest BCUT2D eigenvalue weighted by Crippen LogP contribution is -2.44. The first kappa shape index (κ1) is 13.5. The van der Waals surface area contributed by atoms with Gasteiger partial charge in [0, 0.05) is 32.2 Å². The molecular formula is C12H16FN3O3. The van der Waals surface area contributed by atoms with Crippen molar-refractivity contribution in [1.29, 1.82) is 0 Å². The lowest BCUT2D eigenvalue weighted by Gasteiger charge is -2.34. The van der Waals surface area contributed by atoms with Gasteiger partial charge in [0.05, 0.1) is 23.8 Å². The zero-order valence-electron chi connectivity index (χ0n) is 10.9. The minimum Gasteiger partial charge on any atom is -0.490 e. The first-order chi connectivity index (χ1) is 9.02. The Labute approximate surface area is 110 Å². The van der Waals surface area contributed by atoms with E-state index >= 15 is 0 Å². The number of halogens is 1. The number of ether oxygens (including phenoxy) is 1. The number of hydrogen-bond donors (Lipinski definition) is 0. The van der Waals surface area contributed by atoms with Crippen LogP contribution < -0.4 is 9.64 Å². The van der Waals surface area contributed by atoms with Gasteiger partial charge in [-0.15, -0.1) is 0 Å². The maximum atomic E-state index is 14.0. The molecule has 0 bridgehead atoms. The molecule has 2 rings (SSSR count). The van der Waals surface area contributed by atoms with Crippen LogP contribution in [0.5, 0.6) is 5.75 Å². The van der Waals surface area contributed by atoms with Gasteiger partial charge < -0.3 is 14.5 Å². The highest BCUT2D eigenvalue weighted by Gasteiger charge is 2.23. The minimum atomic E-state index is -0.643. The van der Waals surface area contributed by atoms with Gasteiger partial charge in [0.2, 0.25) is 0 Å². The van der Waals surface area contributed by atoms with Gasteiger partial charge >= 0.3 is 5.69 Å². The Morgan fingerprint density at radius 3 is 2.47 bits per heavy atom. The molecule has 6 nitrogen and oxygen atoms in total. The first-order valence-electron chi connectivity index (χ1n) is 5.98. The van der Waals surface area contributed by atoms with Crippen LogP contribution in [0.2, 0.25) is 0 Å². The Bertz CT molecular complexity index is 487. The molecule has 1 saturated heterocycles. The third kappa shape index (κ3) is 2.76. The summed E-state index contributed by atoms with van der Waals surface area (Å²) in [6, 6.07) is 2.32. The molecule has 1 heterocycles. The number of likely N-dealkylation sites (N-methyl/N-ethyl adjacent to an activating group) is 1. The molecule has 1 aromatic carbocycles. The zero-order chi connectivity index (χ0) is 14.0. The van der Waals surface area contributed by atoms with Gasteiger partial charge in [0.15, 0.2) is 11.6 Å². The van der Waals surface area contributed by atoms with E-state index in [1.165, 1.54) is 13.2 Å². The van der Waals surface area contributed by atoms with Crippen molar-refractivity contribution in [2.45, 2.75) is 0 Å². The topological polar surface area (TPSA) is 58.8 Å². The summed E-state index contributed by atoms with van der Waals surface area (Å²) in [4.78, 5) is 14.2. The Balaban J connectivity index is 2.33. The van der Waals surface area contributed by atoms with Crippen molar-refractivity contribution < 1.29 is 14.1 Å². The van der Waals surface area contributed by atoms with Gasteiger partial charge in [-0.2, -0.15) is 0 Å². The van der Waals surface area contributed by atoms with Gasteiger partial charge in [-0.3, -0.25) is 10.1 Å². The van der Waals surface area contributed by atoms with Gasteiger partial charge in [-0.05, 0) is 7.05 Å². The van der Waals surface area contributed by atoms with Gasteiger partial charge in [-0.1, -0.05) is 0 Å². The SMILES string of the molecule is COc1cc(N2CCN(C)CC2)c(F)cc1[N+](=O)[O-]. The van der Waals surface area contributed by atoms with Crippen LogP contribution in [0.3, 0.4) is 0 Å². The summed E-state index contributed by atoms with van der Waals surface area (Å²) in [5.41, 5.74) is 0.00780. The van der Waals surface area contributed by atoms with Crippen molar-refractivity contribution >= 4 is 11.4 Å². The Kier molecular flexibility index (Phi) is 3.84. The molecule has 0 unspecified atom stereocenters. The lowest BCUT2D eigenvalue weighted by atomic mass is 10.2. The molecule has 0 N–H and O–H groups in total. The van der Waals surface area contributed by atoms with Crippen molar-refractivity contribution in [2.24, 2.45) is 0 Å². The fraction of sp³-hybridized carbons (Fsp3) is 0.500. The van der Waals surface area contributed by atoms with Gasteiger partial charge in [-0.25, -0.2) is 4.39 Å². The van der Waals surface area contributed by atoms with Crippen LogP contribution in [0.25, 0.3) is 0 Å². The largest absolute Gasteiger partial charge is 0.490 e. The molecule has 19 heavy (non-hydrogen) atoms. The van der Waals surface area contributed by atoms with E-state index in [-0.39, 0.29) is 11.4 Å². The van der Waals surface area contributed by atoms with Gasteiger partial charge in [0.1, 0.15) is 0 Å². The van der Waals surface area contributed by atoms with E-state index in [1.54, 1.807) is 0 Å². The molecule has 104 valence electrons. The second-order valence-electron chi connectivity index (χ2n) is 4.52. The van der Waals surface area contributed by atoms with Crippen molar-refractivity contribution in [3.63, 3.8) is 0 Å². The molecule has 0 atom stereocenters. The van der Waals surface area contributed by atoms with Gasteiger partial charge in [0.25, 0.3) is 0 Å². The highest BCUT2D eigenvalue weighted by Crippen LogP contribution is 2.34. The van der Waals surface area contributed by atoms with E-state index < -0.39 is 10.7 Å². The number of piperazine rings is 1. The number of hydrogen-bond acceptors (Lipinski definition) is 5. The van der Waals surface area contributed by atoms with Crippen molar-refractivity contribution in [1.82, 2.24) is 4.90 Å². The molecule has 0 amide bonds. The highest BCUT2D eigenvalue weighted by atomic mass is 19.1. The predicted octanol–water partition coefficient (Wildman–Crippen LogP) is 1.49. The summed E-state index contributed by atoms with van der Waals surface area (Å²) in [7, 11) is 3.35. The van der Waals surface area contributed by atoms with Crippen molar-refractivity contribution in [3.8, 4) is 5.75 Å². The summed E-state index contributed by atoms with van der Waals surface area (Å²) >= 11 is 0. The summed E-state index contributed by atoms with van der Waals surface area (Å²) in [5.74, 6) is -0.502. The molecule has 0 saturated carbocycles. The van der Waals surface area contributed by atoms with E-state index in [0.29, 0.717) is 18.8 Å². The minimum absolute atomic E-state index is 0.0836. The summed E-state index contributed by atoms with van der Waals surface area (Å²) in [6.45, 7) is 3.04. The average Bonchev–Trinajstić information content (AvgIpc) is 2.39. The lowest BCUT2D eigenvalue weighted by molar-refractivity contribution is -0.385. The Morgan fingerprint density at radius 2 is 1.95 bits per heavy atom. The first-order valence-corrected chi connectivity index (χ1v) is 5.98. The molecule has 0 radical (unpaired) electrons. The van der Waals surface area contributed by atoms with Crippen molar-refractivity contribution in [2.75, 3.05) is 45.2 Å². The molecular weight excluding hydrogens is 253 g/mol. The number of nitro benzene ring substituents is 1. The van der Waals surface area contributed by atoms with E-state index in [1.807, 2.05) is 11.9 Å². The van der Waals surface area contributed by atoms with Crippen LogP contribution in [-0.4, -0.2) is 50.2 Å².